The molecule has 3 aromatic rings. The van der Waals surface area contributed by atoms with Crippen LogP contribution in [0.4, 0.5) is 9.52 Å². The summed E-state index contributed by atoms with van der Waals surface area (Å²) in [6, 6.07) is 5.78. The quantitative estimate of drug-likeness (QED) is 0.110. The number of benzene rings is 1. The third kappa shape index (κ3) is 13.6. The number of ether oxygens (including phenoxy) is 6. The molecule has 0 saturated carbocycles. The maximum atomic E-state index is 14.9. The van der Waals surface area contributed by atoms with Gasteiger partial charge in [-0.25, -0.2) is 14.1 Å². The van der Waals surface area contributed by atoms with Crippen LogP contribution in [0.3, 0.4) is 0 Å². The van der Waals surface area contributed by atoms with Crippen molar-refractivity contribution in [3.63, 3.8) is 0 Å². The smallest absolute Gasteiger partial charge is 0.309 e. The lowest BCUT2D eigenvalue weighted by Crippen LogP contribution is -2.62. The first-order valence-electron chi connectivity index (χ1n) is 26.6. The van der Waals surface area contributed by atoms with Crippen LogP contribution in [0.5, 0.6) is 0 Å². The highest BCUT2D eigenvalue weighted by Crippen LogP contribution is 2.45. The molecule has 0 bridgehead atoms. The van der Waals surface area contributed by atoms with E-state index >= 15 is 0 Å². The molecule has 424 valence electrons. The molecule has 19 nitrogen and oxygen atoms in total. The molecule has 3 saturated heterocycles. The number of alkyl halides is 1. The van der Waals surface area contributed by atoms with Crippen molar-refractivity contribution >= 4 is 22.4 Å². The van der Waals surface area contributed by atoms with Crippen LogP contribution in [0.1, 0.15) is 118 Å². The summed E-state index contributed by atoms with van der Waals surface area (Å²) in [4.78, 5) is 23.6. The number of aromatic nitrogens is 4. The molecule has 3 fully saturated rings. The molecule has 0 radical (unpaired) electrons. The van der Waals surface area contributed by atoms with Crippen LogP contribution in [-0.4, -0.2) is 193 Å². The molecule has 75 heavy (non-hydrogen) atoms. The van der Waals surface area contributed by atoms with Crippen LogP contribution >= 0.6 is 11.3 Å². The van der Waals surface area contributed by atoms with E-state index in [4.69, 9.17) is 34.2 Å². The van der Waals surface area contributed by atoms with Gasteiger partial charge in [0.2, 0.25) is 0 Å². The van der Waals surface area contributed by atoms with Crippen molar-refractivity contribution in [3.05, 3.63) is 47.9 Å². The van der Waals surface area contributed by atoms with Gasteiger partial charge in [0.15, 0.2) is 11.4 Å². The number of cyclic esters (lactones) is 1. The number of aliphatic hydroxyl groups excluding tert-OH is 3. The molecule has 0 aliphatic carbocycles. The Hall–Kier alpha value is -3.29. The molecular weight excluding hydrogens is 990 g/mol. The zero-order valence-electron chi connectivity index (χ0n) is 46.6. The zero-order chi connectivity index (χ0) is 55.5. The first kappa shape index (κ1) is 60.9. The second kappa shape index (κ2) is 25.2. The Morgan fingerprint density at radius 3 is 2.29 bits per heavy atom. The maximum Gasteiger partial charge on any atom is 0.309 e. The largest absolute Gasteiger partial charge is 0.459 e. The summed E-state index contributed by atoms with van der Waals surface area (Å²) in [5, 5.41) is 69.5. The third-order valence-corrected chi connectivity index (χ3v) is 17.8. The Kier molecular flexibility index (Phi) is 20.5. The molecule has 21 heteroatoms. The number of halogens is 1. The summed E-state index contributed by atoms with van der Waals surface area (Å²) < 4.78 is 54.5. The molecule has 7 N–H and O–H groups in total. The van der Waals surface area contributed by atoms with Gasteiger partial charge >= 0.3 is 5.97 Å². The fourth-order valence-electron chi connectivity index (χ4n) is 12.3. The molecule has 3 aliphatic heterocycles. The van der Waals surface area contributed by atoms with Crippen LogP contribution in [0.25, 0.3) is 10.4 Å². The Morgan fingerprint density at radius 2 is 1.69 bits per heavy atom. The lowest BCUT2D eigenvalue weighted by Gasteiger charge is -2.51. The maximum absolute atomic E-state index is 14.9. The summed E-state index contributed by atoms with van der Waals surface area (Å²) in [5.41, 5.74) is 3.63. The number of likely N-dealkylation sites (N-methyl/N-ethyl adjacent to an activating group) is 2. The molecule has 0 spiro atoms. The number of aliphatic hydroxyl groups is 5. The van der Waals surface area contributed by atoms with Crippen molar-refractivity contribution in [2.45, 2.75) is 197 Å². The summed E-state index contributed by atoms with van der Waals surface area (Å²) in [5.74, 6) is -3.27. The minimum absolute atomic E-state index is 0.170. The van der Waals surface area contributed by atoms with E-state index in [0.717, 1.165) is 16.0 Å². The Morgan fingerprint density at radius 1 is 1.01 bits per heavy atom. The summed E-state index contributed by atoms with van der Waals surface area (Å²) in [6.07, 6.45) is -4.57. The highest BCUT2D eigenvalue weighted by Gasteiger charge is 2.55. The number of methoxy groups -OCH3 is 2. The average molecular weight is 1080 g/mol. The Bertz CT molecular complexity index is 2280. The van der Waals surface area contributed by atoms with E-state index < -0.39 is 127 Å². The molecule has 2 aromatic heterocycles. The van der Waals surface area contributed by atoms with Gasteiger partial charge in [0, 0.05) is 70.5 Å². The van der Waals surface area contributed by atoms with Gasteiger partial charge in [0.25, 0.3) is 0 Å². The van der Waals surface area contributed by atoms with Crippen LogP contribution in [0, 0.1) is 23.7 Å². The Balaban J connectivity index is 1.26. The molecular formula is C54H88FN7O12S. The molecule has 0 amide bonds. The summed E-state index contributed by atoms with van der Waals surface area (Å²) in [6.45, 7) is 17.9. The molecule has 1 unspecified atom stereocenters. The number of nitrogens with two attached hydrogens (primary N) is 1. The standard InChI is InChI=1S/C54H88FN7O12S/c1-15-42-54(10,68)46(64)33(6)61(12)27-29(2)23-52(8,67)48(31(4)43(32(5)49(66)73-42)40-24-53(9,70-14)47(65)34(7)72-40)74-50-44(63)38(22-30(3)71-50)60(11)21-20-37-28-62(59-58-37)39(25-55)45(69-13)36-18-16-35(17-19-36)41-26-57-51(56)75-41/h16-19,26,28-34,38-40,42-48,50,63-65,67-68H,15,20-25,27H2,1-14H3,(H2,56,57)/t29-,30-,31+,32-,33-,34+,38+,39-,40?,42-,43+,44-,45-,46-,47+,48-,50+,52-,53-,54-/m1/s1. The fourth-order valence-corrected chi connectivity index (χ4v) is 13.0. The molecule has 6 rings (SSSR count). The van der Waals surface area contributed by atoms with E-state index in [1.807, 2.05) is 68.9 Å². The van der Waals surface area contributed by atoms with E-state index in [1.165, 1.54) is 37.2 Å². The van der Waals surface area contributed by atoms with Gasteiger partial charge in [0.05, 0.1) is 52.1 Å². The number of nitrogen functional groups attached to an aromatic ring is 1. The number of nitrogens with zero attached hydrogens (tertiary/aromatic N) is 6. The summed E-state index contributed by atoms with van der Waals surface area (Å²) >= 11 is 1.38. The predicted octanol–water partition coefficient (Wildman–Crippen LogP) is 4.98. The van der Waals surface area contributed by atoms with Crippen LogP contribution in [0.2, 0.25) is 0 Å². The van der Waals surface area contributed by atoms with Crippen molar-refractivity contribution in [1.82, 2.24) is 29.8 Å². The van der Waals surface area contributed by atoms with Crippen molar-refractivity contribution in [1.29, 1.82) is 0 Å². The molecule has 5 heterocycles. The molecule has 1 aromatic carbocycles. The van der Waals surface area contributed by atoms with Gasteiger partial charge in [0.1, 0.15) is 48.8 Å². The van der Waals surface area contributed by atoms with Gasteiger partial charge in [-0.1, -0.05) is 68.5 Å². The van der Waals surface area contributed by atoms with Crippen LogP contribution < -0.4 is 5.73 Å². The number of carbonyl (C=O) groups excluding carboxylic acids is 1. The third-order valence-electron chi connectivity index (χ3n) is 16.9. The van der Waals surface area contributed by atoms with E-state index in [9.17, 15) is 34.7 Å². The highest BCUT2D eigenvalue weighted by atomic mass is 32.1. The van der Waals surface area contributed by atoms with Gasteiger partial charge in [-0.15, -0.1) is 5.10 Å². The second-order valence-corrected chi connectivity index (χ2v) is 23.8. The number of anilines is 1. The van der Waals surface area contributed by atoms with E-state index in [1.54, 1.807) is 53.9 Å². The number of esters is 1. The molecule has 3 aliphatic rings. The predicted molar refractivity (Wildman–Crippen MR) is 282 cm³/mol. The lowest BCUT2D eigenvalue weighted by atomic mass is 9.68. The first-order valence-corrected chi connectivity index (χ1v) is 27.5. The number of rotatable bonds is 15. The fraction of sp³-hybridized carbons (Fsp3) is 0.778. The minimum Gasteiger partial charge on any atom is -0.459 e. The molecule has 20 atom stereocenters. The monoisotopic (exact) mass is 1080 g/mol. The van der Waals surface area contributed by atoms with Crippen molar-refractivity contribution in [2.24, 2.45) is 23.7 Å². The van der Waals surface area contributed by atoms with E-state index in [-0.39, 0.29) is 25.2 Å². The zero-order valence-corrected chi connectivity index (χ0v) is 47.4. The topological polar surface area (TPSA) is 250 Å². The highest BCUT2D eigenvalue weighted by molar-refractivity contribution is 7.18. The van der Waals surface area contributed by atoms with Crippen molar-refractivity contribution in [3.8, 4) is 10.4 Å². The number of carbonyl (C=O) groups is 1. The minimum atomic E-state index is -1.83. The lowest BCUT2D eigenvalue weighted by molar-refractivity contribution is -0.302. The van der Waals surface area contributed by atoms with Gasteiger partial charge in [-0.2, -0.15) is 0 Å². The number of thiazole rings is 1. The van der Waals surface area contributed by atoms with Crippen LogP contribution in [0.15, 0.2) is 36.7 Å². The van der Waals surface area contributed by atoms with Gasteiger partial charge in [-0.05, 0) is 97.9 Å². The van der Waals surface area contributed by atoms with Crippen molar-refractivity contribution < 1.29 is 63.1 Å². The number of hydrogen-bond acceptors (Lipinski definition) is 19. The van der Waals surface area contributed by atoms with Crippen molar-refractivity contribution in [2.75, 3.05) is 53.8 Å². The summed E-state index contributed by atoms with van der Waals surface area (Å²) in [7, 11) is 6.79. The Labute approximate surface area is 447 Å². The van der Waals surface area contributed by atoms with Crippen LogP contribution in [-0.2, 0) is 39.6 Å². The number of hydrogen-bond donors (Lipinski definition) is 6. The van der Waals surface area contributed by atoms with E-state index in [2.05, 4.69) is 15.3 Å². The van der Waals surface area contributed by atoms with Gasteiger partial charge < -0.3 is 69.5 Å². The van der Waals surface area contributed by atoms with E-state index in [0.29, 0.717) is 36.8 Å². The second-order valence-electron chi connectivity index (χ2n) is 22.8. The SMILES string of the molecule is CC[C@H]1OC(=O)[C@H](C)[C@@H](C2C[C@@](C)(OC)[C@@H](O)[C@H](C)O2)[C@H](C)[C@@H](O[C@@H]2O[C@H](C)C[C@H](N(C)CCc3cn([C@H](CF)[C@H](OC)c4ccc(-c5cnc(N)s5)cc4)nn3)[C@H]2O)[C@](C)(O)C[C@@H](C)CN(C)[C@H](C)[C@@H](O)[C@]1(C)O. The first-order chi connectivity index (χ1) is 35.2. The van der Waals surface area contributed by atoms with Gasteiger partial charge in [-0.3, -0.25) is 4.79 Å². The normalized spacial score (nSPS) is 38.9. The average Bonchev–Trinajstić information content (AvgIpc) is 4.03.